The Morgan fingerprint density at radius 2 is 1.82 bits per heavy atom. The van der Waals surface area contributed by atoms with Crippen molar-refractivity contribution in [3.8, 4) is 0 Å². The number of benzene rings is 1. The van der Waals surface area contributed by atoms with Gasteiger partial charge in [0, 0.05) is 5.30 Å². The van der Waals surface area contributed by atoms with E-state index in [9.17, 15) is 4.39 Å². The molecule has 0 heterocycles. The van der Waals surface area contributed by atoms with E-state index in [2.05, 4.69) is 0 Å². The number of halogens is 3. The Morgan fingerprint density at radius 1 is 1.27 bits per heavy atom. The molecule has 0 aromatic heterocycles. The summed E-state index contributed by atoms with van der Waals surface area (Å²) >= 11 is 16.0. The van der Waals surface area contributed by atoms with Crippen molar-refractivity contribution in [3.05, 3.63) is 30.1 Å². The van der Waals surface area contributed by atoms with Crippen molar-refractivity contribution in [1.29, 1.82) is 0 Å². The molecule has 0 bridgehead atoms. The normalized spacial score (nSPS) is 11.5. The Kier molecular flexibility index (Phi) is 2.93. The Bertz CT molecular complexity index is 309. The predicted molar refractivity (Wildman–Crippen MR) is 52.0 cm³/mol. The molecule has 1 aromatic rings. The maximum Gasteiger partial charge on any atom is 0.150 e. The summed E-state index contributed by atoms with van der Waals surface area (Å²) in [7, 11) is 0. The van der Waals surface area contributed by atoms with Crippen LogP contribution in [0.25, 0.3) is 0 Å². The molecule has 0 spiro atoms. The fourth-order valence-electron chi connectivity index (χ4n) is 0.663. The van der Waals surface area contributed by atoms with Crippen LogP contribution in [0.3, 0.4) is 0 Å². The fourth-order valence-corrected chi connectivity index (χ4v) is 2.51. The smallest absolute Gasteiger partial charge is 0.150 e. The summed E-state index contributed by atoms with van der Waals surface area (Å²) in [5.74, 6) is -0.430. The lowest BCUT2D eigenvalue weighted by Crippen LogP contribution is -2.02. The van der Waals surface area contributed by atoms with Gasteiger partial charge in [0.05, 0.1) is 0 Å². The lowest BCUT2D eigenvalue weighted by Gasteiger charge is -2.05. The van der Waals surface area contributed by atoms with E-state index in [-0.39, 0.29) is 5.30 Å². The molecule has 60 valence electrons. The van der Waals surface area contributed by atoms with E-state index in [0.29, 0.717) is 0 Å². The van der Waals surface area contributed by atoms with E-state index in [1.54, 1.807) is 12.1 Å². The van der Waals surface area contributed by atoms with Crippen LogP contribution >= 0.6 is 27.2 Å². The van der Waals surface area contributed by atoms with Crippen molar-refractivity contribution in [2.45, 2.75) is 0 Å². The second-order valence-electron chi connectivity index (χ2n) is 1.91. The summed E-state index contributed by atoms with van der Waals surface area (Å²) in [6.45, 7) is 0. The van der Waals surface area contributed by atoms with Gasteiger partial charge < -0.3 is 0 Å². The van der Waals surface area contributed by atoms with Crippen molar-refractivity contribution in [3.63, 3.8) is 0 Å². The zero-order valence-electron chi connectivity index (χ0n) is 5.30. The molecular formula is C6H4Cl2FPS. The van der Waals surface area contributed by atoms with Gasteiger partial charge in [0.1, 0.15) is 10.6 Å². The van der Waals surface area contributed by atoms with Crippen molar-refractivity contribution in [2.24, 2.45) is 0 Å². The second kappa shape index (κ2) is 3.40. The average molecular weight is 229 g/mol. The molecule has 0 nitrogen and oxygen atoms in total. The molecule has 0 saturated heterocycles. The average Bonchev–Trinajstić information content (AvgIpc) is 1.86. The summed E-state index contributed by atoms with van der Waals surface area (Å²) in [4.78, 5) is 0. The molecule has 0 fully saturated rings. The largest absolute Gasteiger partial charge is 0.206 e. The van der Waals surface area contributed by atoms with Crippen LogP contribution in [0.15, 0.2) is 24.3 Å². The lowest BCUT2D eigenvalue weighted by atomic mass is 10.3. The van der Waals surface area contributed by atoms with E-state index in [1.165, 1.54) is 12.1 Å². The minimum absolute atomic E-state index is 0.235. The van der Waals surface area contributed by atoms with Crippen molar-refractivity contribution >= 4 is 44.3 Å². The highest BCUT2D eigenvalue weighted by molar-refractivity contribution is 8.42. The number of hydrogen-bond acceptors (Lipinski definition) is 1. The first-order valence-electron chi connectivity index (χ1n) is 2.76. The Labute approximate surface area is 78.9 Å². The van der Waals surface area contributed by atoms with Crippen molar-refractivity contribution in [1.82, 2.24) is 0 Å². The summed E-state index contributed by atoms with van der Waals surface area (Å²) in [5.41, 5.74) is 0. The molecule has 0 atom stereocenters. The summed E-state index contributed by atoms with van der Waals surface area (Å²) in [6.07, 6.45) is 0. The molecule has 0 radical (unpaired) electrons. The second-order valence-corrected chi connectivity index (χ2v) is 9.73. The van der Waals surface area contributed by atoms with Crippen LogP contribution in [-0.2, 0) is 11.8 Å². The van der Waals surface area contributed by atoms with Crippen LogP contribution in [0.2, 0.25) is 0 Å². The van der Waals surface area contributed by atoms with Gasteiger partial charge in [-0.05, 0) is 12.1 Å². The molecule has 0 aliphatic heterocycles. The SMILES string of the molecule is Fc1ccccc1P(=S)(Cl)Cl. The van der Waals surface area contributed by atoms with Crippen LogP contribution in [-0.4, -0.2) is 0 Å². The molecule has 0 aliphatic carbocycles. The van der Waals surface area contributed by atoms with Gasteiger partial charge >= 0.3 is 0 Å². The molecular weight excluding hydrogens is 225 g/mol. The first-order valence-corrected chi connectivity index (χ1v) is 7.37. The predicted octanol–water partition coefficient (Wildman–Crippen LogP) is 3.24. The molecule has 5 heteroatoms. The standard InChI is InChI=1S/C6H4Cl2FPS/c7-10(8,11)6-4-2-1-3-5(6)9/h1-4H. The molecule has 1 rings (SSSR count). The molecule has 0 saturated carbocycles. The van der Waals surface area contributed by atoms with Gasteiger partial charge in [0.25, 0.3) is 0 Å². The molecule has 0 amide bonds. The van der Waals surface area contributed by atoms with Crippen LogP contribution in [0, 0.1) is 5.82 Å². The molecule has 11 heavy (non-hydrogen) atoms. The third kappa shape index (κ3) is 2.41. The third-order valence-corrected chi connectivity index (χ3v) is 3.74. The van der Waals surface area contributed by atoms with Crippen molar-refractivity contribution in [2.75, 3.05) is 0 Å². The number of hydrogen-bond donors (Lipinski definition) is 0. The highest BCUT2D eigenvalue weighted by atomic mass is 35.9. The molecule has 1 aromatic carbocycles. The first-order chi connectivity index (χ1) is 5.02. The van der Waals surface area contributed by atoms with Gasteiger partial charge in [0.15, 0.2) is 0 Å². The minimum atomic E-state index is -2.65. The Hall–Kier alpha value is 0.380. The molecule has 0 aliphatic rings. The topological polar surface area (TPSA) is 0 Å². The maximum absolute atomic E-state index is 12.9. The van der Waals surface area contributed by atoms with E-state index >= 15 is 0 Å². The third-order valence-electron chi connectivity index (χ3n) is 1.13. The number of rotatable bonds is 1. The van der Waals surface area contributed by atoms with E-state index in [4.69, 9.17) is 34.3 Å². The van der Waals surface area contributed by atoms with Gasteiger partial charge in [0.2, 0.25) is 0 Å². The van der Waals surface area contributed by atoms with Crippen LogP contribution in [0.5, 0.6) is 0 Å². The van der Waals surface area contributed by atoms with Gasteiger partial charge in [-0.1, -0.05) is 46.4 Å². The van der Waals surface area contributed by atoms with Crippen molar-refractivity contribution < 1.29 is 4.39 Å². The quantitative estimate of drug-likeness (QED) is 0.666. The summed E-state index contributed by atoms with van der Waals surface area (Å²) in [5, 5.41) is 0.235. The van der Waals surface area contributed by atoms with Gasteiger partial charge in [-0.15, -0.1) is 0 Å². The summed E-state index contributed by atoms with van der Waals surface area (Å²) in [6, 6.07) is 6.03. The Balaban J connectivity index is 3.25. The summed E-state index contributed by atoms with van der Waals surface area (Å²) < 4.78 is 10.2. The minimum Gasteiger partial charge on any atom is -0.206 e. The fraction of sp³-hybridized carbons (Fsp3) is 0. The highest BCUT2D eigenvalue weighted by Gasteiger charge is 2.15. The van der Waals surface area contributed by atoms with Crippen LogP contribution in [0.4, 0.5) is 4.39 Å². The lowest BCUT2D eigenvalue weighted by molar-refractivity contribution is 0.636. The van der Waals surface area contributed by atoms with Gasteiger partial charge in [-0.3, -0.25) is 0 Å². The maximum atomic E-state index is 12.9. The van der Waals surface area contributed by atoms with Crippen LogP contribution < -0.4 is 5.30 Å². The van der Waals surface area contributed by atoms with E-state index in [0.717, 1.165) is 0 Å². The van der Waals surface area contributed by atoms with Crippen LogP contribution in [0.1, 0.15) is 0 Å². The monoisotopic (exact) mass is 228 g/mol. The highest BCUT2D eigenvalue weighted by Crippen LogP contribution is 2.55. The van der Waals surface area contributed by atoms with Gasteiger partial charge in [-0.2, -0.15) is 0 Å². The zero-order chi connectivity index (χ0) is 8.48. The van der Waals surface area contributed by atoms with Gasteiger partial charge in [-0.25, -0.2) is 4.39 Å². The zero-order valence-corrected chi connectivity index (χ0v) is 8.52. The van der Waals surface area contributed by atoms with E-state index in [1.807, 2.05) is 0 Å². The first kappa shape index (κ1) is 9.47. The Morgan fingerprint density at radius 3 is 2.18 bits per heavy atom. The molecule has 0 unspecified atom stereocenters. The van der Waals surface area contributed by atoms with E-state index < -0.39 is 10.6 Å². The molecule has 0 N–H and O–H groups in total.